The molecule has 0 saturated heterocycles. The van der Waals surface area contributed by atoms with E-state index in [1.54, 1.807) is 97.1 Å². The Bertz CT molecular complexity index is 2000. The summed E-state index contributed by atoms with van der Waals surface area (Å²) in [7, 11) is -8.33. The average Bonchev–Trinajstić information content (AvgIpc) is 3.16. The fourth-order valence-corrected chi connectivity index (χ4v) is 10.2. The lowest BCUT2D eigenvalue weighted by Gasteiger charge is -2.48. The molecule has 1 atom stereocenters. The molecule has 10 heteroatoms. The van der Waals surface area contributed by atoms with Crippen LogP contribution in [0, 0.1) is 11.3 Å². The topological polar surface area (TPSA) is 89.5 Å². The molecular formula is C45H44O8P2. The molecule has 0 aromatic heterocycles. The van der Waals surface area contributed by atoms with Crippen LogP contribution in [0.15, 0.2) is 170 Å². The largest absolute Gasteiger partial charge is 0.647 e. The second-order valence-corrected chi connectivity index (χ2v) is 17.6. The molecule has 55 heavy (non-hydrogen) atoms. The molecule has 0 radical (unpaired) electrons. The SMILES string of the molecule is CC1CC(C)(C)CC(c2ccc(OP(=O)(Oc3ccccc3)Oc3ccccc3)cc2)(c2ccc(OP(=O)(Oc3ccccc3)Oc3ccccc3)cc2)C1. The quantitative estimate of drug-likeness (QED) is 0.101. The Kier molecular flexibility index (Phi) is 11.1. The van der Waals surface area contributed by atoms with Gasteiger partial charge in [0.1, 0.15) is 34.5 Å². The van der Waals surface area contributed by atoms with Gasteiger partial charge in [-0.15, -0.1) is 0 Å². The highest BCUT2D eigenvalue weighted by atomic mass is 31.2. The molecule has 6 aromatic rings. The van der Waals surface area contributed by atoms with Crippen molar-refractivity contribution in [3.8, 4) is 34.5 Å². The number of rotatable bonds is 14. The minimum Gasteiger partial charge on any atom is -0.386 e. The van der Waals surface area contributed by atoms with E-state index in [9.17, 15) is 9.13 Å². The van der Waals surface area contributed by atoms with Crippen molar-refractivity contribution in [2.75, 3.05) is 0 Å². The maximum absolute atomic E-state index is 14.1. The Morgan fingerprint density at radius 1 is 0.418 bits per heavy atom. The summed E-state index contributed by atoms with van der Waals surface area (Å²) in [6.07, 6.45) is 2.87. The molecule has 0 amide bonds. The highest BCUT2D eigenvalue weighted by Gasteiger charge is 2.45. The molecule has 0 spiro atoms. The van der Waals surface area contributed by atoms with E-state index in [-0.39, 0.29) is 10.8 Å². The van der Waals surface area contributed by atoms with E-state index in [1.807, 2.05) is 72.8 Å². The first-order valence-electron chi connectivity index (χ1n) is 18.3. The van der Waals surface area contributed by atoms with Crippen LogP contribution in [0.3, 0.4) is 0 Å². The third-order valence-electron chi connectivity index (χ3n) is 9.47. The predicted molar refractivity (Wildman–Crippen MR) is 215 cm³/mol. The van der Waals surface area contributed by atoms with E-state index >= 15 is 0 Å². The van der Waals surface area contributed by atoms with E-state index < -0.39 is 15.6 Å². The summed E-state index contributed by atoms with van der Waals surface area (Å²) in [5, 5.41) is 0. The molecule has 1 fully saturated rings. The monoisotopic (exact) mass is 774 g/mol. The fraction of sp³-hybridized carbons (Fsp3) is 0.200. The van der Waals surface area contributed by atoms with Gasteiger partial charge in [0.15, 0.2) is 0 Å². The summed E-state index contributed by atoms with van der Waals surface area (Å²) < 4.78 is 63.8. The molecular weight excluding hydrogens is 730 g/mol. The van der Waals surface area contributed by atoms with Crippen molar-refractivity contribution in [2.24, 2.45) is 11.3 Å². The normalized spacial score (nSPS) is 16.3. The number of hydrogen-bond donors (Lipinski definition) is 0. The maximum atomic E-state index is 14.1. The van der Waals surface area contributed by atoms with Crippen molar-refractivity contribution < 1.29 is 36.3 Å². The number of phosphoric ester groups is 2. The van der Waals surface area contributed by atoms with Crippen molar-refractivity contribution in [2.45, 2.75) is 45.4 Å². The van der Waals surface area contributed by atoms with Crippen LogP contribution in [0.2, 0.25) is 0 Å². The number of benzene rings is 6. The van der Waals surface area contributed by atoms with Gasteiger partial charge in [-0.25, -0.2) is 0 Å². The van der Waals surface area contributed by atoms with Gasteiger partial charge in [0, 0.05) is 5.41 Å². The third-order valence-corrected chi connectivity index (χ3v) is 12.1. The van der Waals surface area contributed by atoms with Crippen LogP contribution in [-0.4, -0.2) is 0 Å². The maximum Gasteiger partial charge on any atom is 0.647 e. The first kappa shape index (κ1) is 37.9. The molecule has 0 bridgehead atoms. The van der Waals surface area contributed by atoms with Crippen molar-refractivity contribution in [3.05, 3.63) is 181 Å². The van der Waals surface area contributed by atoms with Crippen LogP contribution >= 0.6 is 15.6 Å². The van der Waals surface area contributed by atoms with E-state index in [1.165, 1.54) is 0 Å². The summed E-state index contributed by atoms with van der Waals surface area (Å²) in [6, 6.07) is 50.7. The molecule has 1 aliphatic carbocycles. The molecule has 8 nitrogen and oxygen atoms in total. The lowest BCUT2D eigenvalue weighted by Crippen LogP contribution is -2.41. The Labute approximate surface area is 323 Å². The van der Waals surface area contributed by atoms with Crippen LogP contribution in [-0.2, 0) is 14.5 Å². The van der Waals surface area contributed by atoms with Crippen LogP contribution < -0.4 is 27.1 Å². The first-order valence-corrected chi connectivity index (χ1v) is 21.2. The second-order valence-electron chi connectivity index (χ2n) is 14.7. The molecule has 0 N–H and O–H groups in total. The van der Waals surface area contributed by atoms with Gasteiger partial charge in [-0.1, -0.05) is 118 Å². The van der Waals surface area contributed by atoms with Crippen LogP contribution in [0.25, 0.3) is 0 Å². The van der Waals surface area contributed by atoms with Gasteiger partial charge in [0.2, 0.25) is 0 Å². The van der Waals surface area contributed by atoms with Crippen LogP contribution in [0.5, 0.6) is 34.5 Å². The number of para-hydroxylation sites is 4. The number of phosphoric acid groups is 2. The highest BCUT2D eigenvalue weighted by molar-refractivity contribution is 7.50. The third kappa shape index (κ3) is 9.64. The Hall–Kier alpha value is -5.42. The Balaban J connectivity index is 1.18. The van der Waals surface area contributed by atoms with Gasteiger partial charge in [-0.05, 0) is 115 Å². The minimum absolute atomic E-state index is 0.0352. The van der Waals surface area contributed by atoms with E-state index in [0.717, 1.165) is 30.4 Å². The summed E-state index contributed by atoms with van der Waals surface area (Å²) in [5.41, 5.74) is 1.82. The zero-order valence-corrected chi connectivity index (χ0v) is 32.8. The standard InChI is InChI=1S/C45H44O8P2/c1-35-32-44(2,3)34-45(33-35,36-24-28-42(29-25-36)52-54(46,48-38-16-8-4-9-17-38)49-39-18-10-5-11-19-39)37-26-30-43(31-27-37)53-55(47,50-40-20-12-6-13-21-40)51-41-22-14-7-15-23-41/h4-31,35H,32-34H2,1-3H3. The van der Waals surface area contributed by atoms with Crippen molar-refractivity contribution in [1.29, 1.82) is 0 Å². The highest BCUT2D eigenvalue weighted by Crippen LogP contribution is 2.56. The molecule has 7 rings (SSSR count). The van der Waals surface area contributed by atoms with Gasteiger partial charge in [-0.2, -0.15) is 9.13 Å². The molecule has 0 heterocycles. The van der Waals surface area contributed by atoms with E-state index in [0.29, 0.717) is 40.4 Å². The molecule has 1 unspecified atom stereocenters. The van der Waals surface area contributed by atoms with E-state index in [4.69, 9.17) is 27.1 Å². The first-order chi connectivity index (χ1) is 26.5. The van der Waals surface area contributed by atoms with Crippen molar-refractivity contribution in [3.63, 3.8) is 0 Å². The summed E-state index contributed by atoms with van der Waals surface area (Å²) in [6.45, 7) is 6.91. The molecule has 282 valence electrons. The Morgan fingerprint density at radius 3 is 0.964 bits per heavy atom. The van der Waals surface area contributed by atoms with Crippen molar-refractivity contribution in [1.82, 2.24) is 0 Å². The van der Waals surface area contributed by atoms with Crippen molar-refractivity contribution >= 4 is 15.6 Å². The van der Waals surface area contributed by atoms with Gasteiger partial charge in [0.25, 0.3) is 0 Å². The summed E-state index contributed by atoms with van der Waals surface area (Å²) in [5.74, 6) is 2.54. The smallest absolute Gasteiger partial charge is 0.386 e. The van der Waals surface area contributed by atoms with Gasteiger partial charge >= 0.3 is 15.6 Å². The summed E-state index contributed by atoms with van der Waals surface area (Å²) >= 11 is 0. The second kappa shape index (κ2) is 16.1. The molecule has 6 aromatic carbocycles. The minimum atomic E-state index is -4.16. The Morgan fingerprint density at radius 2 is 0.691 bits per heavy atom. The lowest BCUT2D eigenvalue weighted by atomic mass is 9.55. The zero-order valence-electron chi connectivity index (χ0n) is 31.0. The van der Waals surface area contributed by atoms with Gasteiger partial charge in [-0.3, -0.25) is 0 Å². The van der Waals surface area contributed by atoms with Crippen LogP contribution in [0.4, 0.5) is 0 Å². The fourth-order valence-electron chi connectivity index (χ4n) is 7.66. The van der Waals surface area contributed by atoms with Crippen LogP contribution in [0.1, 0.15) is 51.2 Å². The molecule has 0 aliphatic heterocycles. The van der Waals surface area contributed by atoms with E-state index in [2.05, 4.69) is 20.8 Å². The molecule has 1 aliphatic rings. The van der Waals surface area contributed by atoms with Gasteiger partial charge in [0.05, 0.1) is 0 Å². The van der Waals surface area contributed by atoms with Gasteiger partial charge < -0.3 is 27.1 Å². The predicted octanol–water partition coefficient (Wildman–Crippen LogP) is 13.1. The number of hydrogen-bond acceptors (Lipinski definition) is 8. The average molecular weight is 775 g/mol. The lowest BCUT2D eigenvalue weighted by molar-refractivity contribution is 0.127. The molecule has 1 saturated carbocycles. The zero-order chi connectivity index (χ0) is 38.4. The summed E-state index contributed by atoms with van der Waals surface area (Å²) in [4.78, 5) is 0.